The van der Waals surface area contributed by atoms with Gasteiger partial charge in [0, 0.05) is 32.7 Å². The molecule has 0 bridgehead atoms. The minimum absolute atomic E-state index is 0. The van der Waals surface area contributed by atoms with Crippen molar-refractivity contribution in [3.8, 4) is 5.75 Å². The van der Waals surface area contributed by atoms with Gasteiger partial charge in [-0.05, 0) is 43.0 Å². The number of rotatable bonds is 7. The van der Waals surface area contributed by atoms with E-state index in [1.165, 1.54) is 17.2 Å². The third-order valence-corrected chi connectivity index (χ3v) is 5.19. The highest BCUT2D eigenvalue weighted by molar-refractivity contribution is 14.0. The lowest BCUT2D eigenvalue weighted by atomic mass is 9.89. The Labute approximate surface area is 199 Å². The number of nitrogens with zero attached hydrogens (tertiary/aromatic N) is 1. The number of benzene rings is 2. The van der Waals surface area contributed by atoms with Crippen molar-refractivity contribution in [2.24, 2.45) is 10.9 Å². The summed E-state index contributed by atoms with van der Waals surface area (Å²) in [6, 6.07) is 15.2. The van der Waals surface area contributed by atoms with Crippen molar-refractivity contribution in [2.45, 2.75) is 39.0 Å². The second-order valence-corrected chi connectivity index (χ2v) is 7.44. The second-order valence-electron chi connectivity index (χ2n) is 7.44. The molecular formula is C23H30F2IN3O2. The van der Waals surface area contributed by atoms with Crippen LogP contribution in [0.4, 0.5) is 8.78 Å². The van der Waals surface area contributed by atoms with Gasteiger partial charge in [0.25, 0.3) is 0 Å². The first-order valence-electron chi connectivity index (χ1n) is 10.2. The minimum Gasteiger partial charge on any atom is -0.435 e. The monoisotopic (exact) mass is 545 g/mol. The molecule has 1 fully saturated rings. The number of hydrogen-bond acceptors (Lipinski definition) is 3. The quantitative estimate of drug-likeness (QED) is 0.291. The second kappa shape index (κ2) is 12.8. The predicted molar refractivity (Wildman–Crippen MR) is 129 cm³/mol. The van der Waals surface area contributed by atoms with E-state index in [-0.39, 0.29) is 35.8 Å². The maximum absolute atomic E-state index is 12.4. The van der Waals surface area contributed by atoms with E-state index >= 15 is 0 Å². The molecule has 31 heavy (non-hydrogen) atoms. The number of alkyl halides is 2. The Morgan fingerprint density at radius 3 is 2.68 bits per heavy atom. The van der Waals surface area contributed by atoms with Gasteiger partial charge in [-0.25, -0.2) is 0 Å². The zero-order valence-corrected chi connectivity index (χ0v) is 20.1. The van der Waals surface area contributed by atoms with E-state index in [4.69, 9.17) is 4.74 Å². The van der Waals surface area contributed by atoms with E-state index in [0.29, 0.717) is 18.4 Å². The summed E-state index contributed by atoms with van der Waals surface area (Å²) in [5.74, 6) is 1.14. The van der Waals surface area contributed by atoms with E-state index in [1.807, 2.05) is 6.07 Å². The molecule has 1 aliphatic heterocycles. The van der Waals surface area contributed by atoms with Crippen molar-refractivity contribution >= 4 is 29.9 Å². The Bertz CT molecular complexity index is 834. The Kier molecular flexibility index (Phi) is 10.5. The van der Waals surface area contributed by atoms with Crippen LogP contribution < -0.4 is 15.4 Å². The highest BCUT2D eigenvalue weighted by Crippen LogP contribution is 2.33. The summed E-state index contributed by atoms with van der Waals surface area (Å²) in [5, 5.41) is 6.60. The van der Waals surface area contributed by atoms with Crippen LogP contribution in [-0.2, 0) is 11.3 Å². The zero-order chi connectivity index (χ0) is 21.3. The van der Waals surface area contributed by atoms with Crippen LogP contribution in [0.2, 0.25) is 0 Å². The smallest absolute Gasteiger partial charge is 0.387 e. The Morgan fingerprint density at radius 1 is 1.19 bits per heavy atom. The van der Waals surface area contributed by atoms with Crippen LogP contribution in [0.3, 0.4) is 0 Å². The summed E-state index contributed by atoms with van der Waals surface area (Å²) in [5.41, 5.74) is 3.26. The molecule has 3 rings (SSSR count). The summed E-state index contributed by atoms with van der Waals surface area (Å²) in [7, 11) is 1.71. The third kappa shape index (κ3) is 7.92. The molecular weight excluding hydrogens is 515 g/mol. The average Bonchev–Trinajstić information content (AvgIpc) is 2.74. The molecule has 0 radical (unpaired) electrons. The maximum atomic E-state index is 12.4. The average molecular weight is 545 g/mol. The molecule has 1 saturated heterocycles. The van der Waals surface area contributed by atoms with Crippen molar-refractivity contribution in [3.05, 3.63) is 65.2 Å². The van der Waals surface area contributed by atoms with Gasteiger partial charge in [-0.2, -0.15) is 8.78 Å². The molecule has 1 heterocycles. The van der Waals surface area contributed by atoms with Gasteiger partial charge < -0.3 is 20.1 Å². The van der Waals surface area contributed by atoms with Gasteiger partial charge in [0.05, 0.1) is 6.10 Å². The van der Waals surface area contributed by atoms with E-state index in [0.717, 1.165) is 31.6 Å². The van der Waals surface area contributed by atoms with Gasteiger partial charge in [0.1, 0.15) is 5.75 Å². The van der Waals surface area contributed by atoms with Crippen LogP contribution in [0.25, 0.3) is 0 Å². The molecule has 0 amide bonds. The zero-order valence-electron chi connectivity index (χ0n) is 17.8. The van der Waals surface area contributed by atoms with Crippen molar-refractivity contribution in [1.29, 1.82) is 0 Å². The Hall–Kier alpha value is -1.94. The van der Waals surface area contributed by atoms with Crippen LogP contribution in [0.5, 0.6) is 5.75 Å². The standard InChI is InChI=1S/C23H29F2N3O2.HI/c1-16-8-10-18(11-9-16)21-19(6-4-12-29-21)15-28-23(26-2)27-14-17-5-3-7-20(13-17)30-22(24)25;/h3,5,7-11,13,19,21-22H,4,6,12,14-15H2,1-2H3,(H2,26,27,28);1H. The highest BCUT2D eigenvalue weighted by Gasteiger charge is 2.27. The van der Waals surface area contributed by atoms with E-state index in [9.17, 15) is 8.78 Å². The molecule has 2 aromatic carbocycles. The molecule has 0 saturated carbocycles. The molecule has 0 aromatic heterocycles. The fraction of sp³-hybridized carbons (Fsp3) is 0.435. The normalized spacial score (nSPS) is 18.9. The molecule has 170 valence electrons. The fourth-order valence-electron chi connectivity index (χ4n) is 3.64. The SMILES string of the molecule is CN=C(NCc1cccc(OC(F)F)c1)NCC1CCCOC1c1ccc(C)cc1.I. The van der Waals surface area contributed by atoms with Gasteiger partial charge in [0.15, 0.2) is 5.96 Å². The highest BCUT2D eigenvalue weighted by atomic mass is 127. The summed E-state index contributed by atoms with van der Waals surface area (Å²) in [4.78, 5) is 4.27. The molecule has 2 N–H and O–H groups in total. The van der Waals surface area contributed by atoms with Crippen molar-refractivity contribution in [2.75, 3.05) is 20.2 Å². The van der Waals surface area contributed by atoms with Gasteiger partial charge in [0.2, 0.25) is 0 Å². The van der Waals surface area contributed by atoms with Crippen LogP contribution in [0.1, 0.15) is 35.6 Å². The number of hydrogen-bond donors (Lipinski definition) is 2. The first-order chi connectivity index (χ1) is 14.5. The molecule has 5 nitrogen and oxygen atoms in total. The number of nitrogens with one attached hydrogen (secondary N) is 2. The maximum Gasteiger partial charge on any atom is 0.387 e. The van der Waals surface area contributed by atoms with E-state index < -0.39 is 6.61 Å². The summed E-state index contributed by atoms with van der Waals surface area (Å²) in [6.07, 6.45) is 2.18. The lowest BCUT2D eigenvalue weighted by Gasteiger charge is -2.32. The number of guanidine groups is 1. The number of ether oxygens (including phenoxy) is 2. The van der Waals surface area contributed by atoms with Crippen molar-refractivity contribution in [3.63, 3.8) is 0 Å². The number of aryl methyl sites for hydroxylation is 1. The third-order valence-electron chi connectivity index (χ3n) is 5.19. The van der Waals surface area contributed by atoms with Gasteiger partial charge in [-0.1, -0.05) is 42.0 Å². The van der Waals surface area contributed by atoms with Crippen LogP contribution in [0, 0.1) is 12.8 Å². The topological polar surface area (TPSA) is 54.9 Å². The van der Waals surface area contributed by atoms with Crippen molar-refractivity contribution in [1.82, 2.24) is 10.6 Å². The van der Waals surface area contributed by atoms with Crippen LogP contribution in [-0.4, -0.2) is 32.8 Å². The lowest BCUT2D eigenvalue weighted by Crippen LogP contribution is -2.41. The largest absolute Gasteiger partial charge is 0.435 e. The number of halogens is 3. The molecule has 2 aromatic rings. The van der Waals surface area contributed by atoms with Crippen molar-refractivity contribution < 1.29 is 18.3 Å². The first kappa shape index (κ1) is 25.3. The predicted octanol–water partition coefficient (Wildman–Crippen LogP) is 5.05. The van der Waals surface area contributed by atoms with E-state index in [2.05, 4.69) is 51.6 Å². The van der Waals surface area contributed by atoms with Crippen LogP contribution in [0.15, 0.2) is 53.5 Å². The summed E-state index contributed by atoms with van der Waals surface area (Å²) < 4.78 is 35.3. The first-order valence-corrected chi connectivity index (χ1v) is 10.2. The Balaban J connectivity index is 0.00000341. The molecule has 0 aliphatic carbocycles. The number of aliphatic imine (C=N–C) groups is 1. The van der Waals surface area contributed by atoms with Gasteiger partial charge >= 0.3 is 6.61 Å². The summed E-state index contributed by atoms with van der Waals surface area (Å²) >= 11 is 0. The molecule has 2 atom stereocenters. The molecule has 1 aliphatic rings. The van der Waals surface area contributed by atoms with Gasteiger partial charge in [-0.15, -0.1) is 24.0 Å². The lowest BCUT2D eigenvalue weighted by molar-refractivity contribution is -0.0498. The molecule has 2 unspecified atom stereocenters. The van der Waals surface area contributed by atoms with E-state index in [1.54, 1.807) is 19.2 Å². The van der Waals surface area contributed by atoms with Crippen LogP contribution >= 0.6 is 24.0 Å². The summed E-state index contributed by atoms with van der Waals surface area (Å²) in [6.45, 7) is 1.20. The fourth-order valence-corrected chi connectivity index (χ4v) is 3.64. The Morgan fingerprint density at radius 2 is 1.97 bits per heavy atom. The molecule has 0 spiro atoms. The molecule has 8 heteroatoms. The van der Waals surface area contributed by atoms with Gasteiger partial charge in [-0.3, -0.25) is 4.99 Å². The minimum atomic E-state index is -2.83.